The lowest BCUT2D eigenvalue weighted by atomic mass is 9.82. The lowest BCUT2D eigenvalue weighted by Crippen LogP contribution is -2.18. The Morgan fingerprint density at radius 2 is 0.968 bits per heavy atom. The van der Waals surface area contributed by atoms with E-state index in [-0.39, 0.29) is 10.8 Å². The van der Waals surface area contributed by atoms with Crippen LogP contribution in [0.4, 0.5) is 17.1 Å². The van der Waals surface area contributed by atoms with Crippen LogP contribution in [-0.4, -0.2) is 4.57 Å². The molecule has 2 aliphatic rings. The molecule has 63 heavy (non-hydrogen) atoms. The molecule has 0 radical (unpaired) electrons. The van der Waals surface area contributed by atoms with Gasteiger partial charge in [0.1, 0.15) is 11.2 Å². The number of hydrogen-bond acceptors (Lipinski definition) is 2. The minimum absolute atomic E-state index is 0.147. The molecule has 0 atom stereocenters. The summed E-state index contributed by atoms with van der Waals surface area (Å²) >= 11 is 0. The molecule has 2 heterocycles. The van der Waals surface area contributed by atoms with Gasteiger partial charge in [-0.15, -0.1) is 0 Å². The highest BCUT2D eigenvalue weighted by Gasteiger charge is 2.38. The van der Waals surface area contributed by atoms with Crippen molar-refractivity contribution in [1.29, 1.82) is 0 Å². The summed E-state index contributed by atoms with van der Waals surface area (Å²) in [4.78, 5) is 2.48. The van der Waals surface area contributed by atoms with Gasteiger partial charge in [0.2, 0.25) is 0 Å². The second-order valence-electron chi connectivity index (χ2n) is 18.5. The maximum atomic E-state index is 6.76. The zero-order valence-electron chi connectivity index (χ0n) is 35.8. The van der Waals surface area contributed by atoms with Crippen LogP contribution in [-0.2, 0) is 10.8 Å². The van der Waals surface area contributed by atoms with Crippen molar-refractivity contribution in [3.8, 4) is 39.1 Å². The van der Waals surface area contributed by atoms with Gasteiger partial charge in [0.15, 0.2) is 0 Å². The average Bonchev–Trinajstić information content (AvgIpc) is 4.00. The first-order chi connectivity index (χ1) is 30.8. The van der Waals surface area contributed by atoms with Crippen LogP contribution < -0.4 is 4.90 Å². The van der Waals surface area contributed by atoms with E-state index in [0.29, 0.717) is 0 Å². The molecule has 0 amide bonds. The minimum Gasteiger partial charge on any atom is -0.456 e. The maximum Gasteiger partial charge on any atom is 0.137 e. The molecule has 11 aromatic rings. The Labute approximate surface area is 367 Å². The molecular weight excluding hydrogens is 765 g/mol. The quantitative estimate of drug-likeness (QED) is 0.173. The fourth-order valence-corrected chi connectivity index (χ4v) is 11.3. The van der Waals surface area contributed by atoms with Crippen LogP contribution in [0.25, 0.3) is 82.8 Å². The Morgan fingerprint density at radius 1 is 0.397 bits per heavy atom. The maximum absolute atomic E-state index is 6.76. The van der Waals surface area contributed by atoms with Crippen molar-refractivity contribution in [3.63, 3.8) is 0 Å². The van der Waals surface area contributed by atoms with Crippen molar-refractivity contribution in [2.24, 2.45) is 0 Å². The SMILES string of the molecule is CC1(C)c2ccccc2-c2ccc(N(c3ccc4c(c3)C(C)(C)c3ccccc3-4)c3cccc4oc5ccc(-c6ccc7c8ccccc8n(-c8ccccc8)c7c6)cc5c34)cc21. The number of furan rings is 1. The van der Waals surface area contributed by atoms with Crippen molar-refractivity contribution >= 4 is 60.8 Å². The summed E-state index contributed by atoms with van der Waals surface area (Å²) in [5.41, 5.74) is 21.3. The van der Waals surface area contributed by atoms with Crippen LogP contribution in [0.5, 0.6) is 0 Å². The standard InChI is InChI=1S/C60H44N2O/c1-59(2)49-20-11-8-17-42(49)44-30-27-40(35-51(44)59)61(41-28-31-45-43-18-9-12-21-50(43)60(3,4)52(45)36-41)54-23-14-24-57-58(54)48-33-37(26-32-56(48)63-57)38-25-29-47-46-19-10-13-22-53(46)62(55(47)34-38)39-15-6-5-7-16-39/h5-36H,1-4H3. The predicted octanol–water partition coefficient (Wildman–Crippen LogP) is 16.4. The molecule has 13 rings (SSSR count). The molecule has 300 valence electrons. The highest BCUT2D eigenvalue weighted by atomic mass is 16.3. The molecule has 0 bridgehead atoms. The molecule has 0 fully saturated rings. The monoisotopic (exact) mass is 808 g/mol. The zero-order chi connectivity index (χ0) is 42.2. The van der Waals surface area contributed by atoms with Gasteiger partial charge in [0.05, 0.1) is 22.1 Å². The summed E-state index contributed by atoms with van der Waals surface area (Å²) in [5.74, 6) is 0. The lowest BCUT2D eigenvalue weighted by Gasteiger charge is -2.30. The minimum atomic E-state index is -0.147. The van der Waals surface area contributed by atoms with E-state index in [1.807, 2.05) is 0 Å². The molecule has 0 aliphatic heterocycles. The fourth-order valence-electron chi connectivity index (χ4n) is 11.3. The van der Waals surface area contributed by atoms with Gasteiger partial charge in [-0.05, 0) is 128 Å². The second-order valence-corrected chi connectivity index (χ2v) is 18.5. The number of para-hydroxylation sites is 2. The first-order valence-corrected chi connectivity index (χ1v) is 22.1. The molecule has 3 heteroatoms. The van der Waals surface area contributed by atoms with Gasteiger partial charge in [-0.3, -0.25) is 0 Å². The third-order valence-electron chi connectivity index (χ3n) is 14.4. The number of fused-ring (bicyclic) bond motifs is 12. The number of rotatable bonds is 5. The van der Waals surface area contributed by atoms with Crippen molar-refractivity contribution < 1.29 is 4.42 Å². The number of aromatic nitrogens is 1. The van der Waals surface area contributed by atoms with E-state index < -0.39 is 0 Å². The largest absolute Gasteiger partial charge is 0.456 e. The molecule has 0 saturated heterocycles. The van der Waals surface area contributed by atoms with E-state index in [0.717, 1.165) is 55.8 Å². The van der Waals surface area contributed by atoms with E-state index in [1.165, 1.54) is 66.3 Å². The smallest absolute Gasteiger partial charge is 0.137 e. The summed E-state index contributed by atoms with van der Waals surface area (Å²) in [6, 6.07) is 71.6. The van der Waals surface area contributed by atoms with E-state index in [1.54, 1.807) is 0 Å². The van der Waals surface area contributed by atoms with E-state index in [2.05, 4.69) is 231 Å². The van der Waals surface area contributed by atoms with Gasteiger partial charge in [-0.25, -0.2) is 0 Å². The molecule has 0 saturated carbocycles. The molecule has 0 N–H and O–H groups in total. The molecule has 2 aliphatic carbocycles. The van der Waals surface area contributed by atoms with Gasteiger partial charge in [0.25, 0.3) is 0 Å². The van der Waals surface area contributed by atoms with Crippen LogP contribution in [0.15, 0.2) is 199 Å². The Hall–Kier alpha value is -7.62. The lowest BCUT2D eigenvalue weighted by molar-refractivity contribution is 0.660. The van der Waals surface area contributed by atoms with E-state index in [4.69, 9.17) is 4.42 Å². The highest BCUT2D eigenvalue weighted by Crippen LogP contribution is 2.54. The average molecular weight is 809 g/mol. The summed E-state index contributed by atoms with van der Waals surface area (Å²) in [6.07, 6.45) is 0. The van der Waals surface area contributed by atoms with Crippen molar-refractivity contribution in [2.45, 2.75) is 38.5 Å². The Morgan fingerprint density at radius 3 is 1.67 bits per heavy atom. The first-order valence-electron chi connectivity index (χ1n) is 22.1. The summed E-state index contributed by atoms with van der Waals surface area (Å²) in [5, 5.41) is 4.68. The van der Waals surface area contributed by atoms with Crippen LogP contribution in [0.3, 0.4) is 0 Å². The molecule has 9 aromatic carbocycles. The Kier molecular flexibility index (Phi) is 7.42. The van der Waals surface area contributed by atoms with E-state index in [9.17, 15) is 0 Å². The van der Waals surface area contributed by atoms with Crippen molar-refractivity contribution in [2.75, 3.05) is 4.90 Å². The Balaban J connectivity index is 1.03. The molecule has 2 aromatic heterocycles. The fraction of sp³-hybridized carbons (Fsp3) is 0.100. The topological polar surface area (TPSA) is 21.3 Å². The Bertz CT molecular complexity index is 3590. The third-order valence-corrected chi connectivity index (χ3v) is 14.4. The van der Waals surface area contributed by atoms with Gasteiger partial charge in [-0.2, -0.15) is 0 Å². The third kappa shape index (κ3) is 5.08. The van der Waals surface area contributed by atoms with Gasteiger partial charge in [0, 0.05) is 44.1 Å². The molecule has 0 unspecified atom stereocenters. The molecule has 3 nitrogen and oxygen atoms in total. The number of nitrogens with zero attached hydrogens (tertiary/aromatic N) is 2. The molecule has 0 spiro atoms. The van der Waals surface area contributed by atoms with Crippen molar-refractivity contribution in [3.05, 3.63) is 216 Å². The highest BCUT2D eigenvalue weighted by molar-refractivity contribution is 6.15. The zero-order valence-corrected chi connectivity index (χ0v) is 35.8. The van der Waals surface area contributed by atoms with Crippen LogP contribution in [0.2, 0.25) is 0 Å². The van der Waals surface area contributed by atoms with Gasteiger partial charge < -0.3 is 13.9 Å². The number of anilines is 3. The van der Waals surface area contributed by atoms with E-state index >= 15 is 0 Å². The second kappa shape index (κ2) is 13.0. The summed E-state index contributed by atoms with van der Waals surface area (Å²) in [7, 11) is 0. The van der Waals surface area contributed by atoms with Crippen LogP contribution in [0.1, 0.15) is 49.9 Å². The number of hydrogen-bond donors (Lipinski definition) is 0. The van der Waals surface area contributed by atoms with Crippen molar-refractivity contribution in [1.82, 2.24) is 4.57 Å². The van der Waals surface area contributed by atoms with Crippen LogP contribution in [0, 0.1) is 0 Å². The summed E-state index contributed by atoms with van der Waals surface area (Å²) < 4.78 is 9.15. The first kappa shape index (κ1) is 36.1. The summed E-state index contributed by atoms with van der Waals surface area (Å²) in [6.45, 7) is 9.46. The van der Waals surface area contributed by atoms with Gasteiger partial charge in [-0.1, -0.05) is 149 Å². The number of benzene rings is 9. The van der Waals surface area contributed by atoms with Crippen LogP contribution >= 0.6 is 0 Å². The predicted molar refractivity (Wildman–Crippen MR) is 263 cm³/mol. The molecular formula is C60H44N2O. The van der Waals surface area contributed by atoms with Gasteiger partial charge >= 0.3 is 0 Å². The normalized spacial score (nSPS) is 14.3.